The van der Waals surface area contributed by atoms with Gasteiger partial charge in [0.2, 0.25) is 5.91 Å². The fraction of sp³-hybridized carbons (Fsp3) is 0.261. The molecule has 2 aromatic heterocycles. The van der Waals surface area contributed by atoms with Crippen molar-refractivity contribution < 1.29 is 18.7 Å². The van der Waals surface area contributed by atoms with Crippen LogP contribution in [-0.2, 0) is 24.9 Å². The summed E-state index contributed by atoms with van der Waals surface area (Å²) >= 11 is 0. The van der Waals surface area contributed by atoms with E-state index in [1.54, 1.807) is 46.4 Å². The number of aliphatic hydroxyl groups excluding tert-OH is 1. The van der Waals surface area contributed by atoms with Crippen LogP contribution in [0.25, 0.3) is 17.2 Å². The minimum atomic E-state index is -3.13. The summed E-state index contributed by atoms with van der Waals surface area (Å²) in [5.41, 5.74) is 5.02. The number of anilines is 1. The lowest BCUT2D eigenvalue weighted by atomic mass is 10.0. The lowest BCUT2D eigenvalue weighted by Gasteiger charge is -2.21. The monoisotopic (exact) mass is 439 g/mol. The Balaban J connectivity index is 1.42. The summed E-state index contributed by atoms with van der Waals surface area (Å²) in [4.78, 5) is 18.2. The number of alkyl halides is 2. The number of nitrogens with one attached hydrogen (secondary N) is 1. The van der Waals surface area contributed by atoms with E-state index in [0.29, 0.717) is 18.8 Å². The molecule has 1 aromatic carbocycles. The first-order valence-electron chi connectivity index (χ1n) is 10.1. The highest BCUT2D eigenvalue weighted by molar-refractivity contribution is 6.02. The van der Waals surface area contributed by atoms with Gasteiger partial charge in [0.05, 0.1) is 12.7 Å². The van der Waals surface area contributed by atoms with Crippen LogP contribution in [0, 0.1) is 0 Å². The summed E-state index contributed by atoms with van der Waals surface area (Å²) in [5, 5.41) is 15.8. The fourth-order valence-corrected chi connectivity index (χ4v) is 3.74. The zero-order valence-electron chi connectivity index (χ0n) is 17.5. The molecule has 0 fully saturated rings. The number of benzene rings is 1. The molecule has 0 bridgehead atoms. The van der Waals surface area contributed by atoms with Gasteiger partial charge in [0.1, 0.15) is 6.61 Å². The van der Waals surface area contributed by atoms with Crippen LogP contribution in [0.3, 0.4) is 0 Å². The number of aromatic nitrogens is 3. The summed E-state index contributed by atoms with van der Waals surface area (Å²) in [7, 11) is 1.83. The lowest BCUT2D eigenvalue weighted by Crippen LogP contribution is -2.36. The predicted molar refractivity (Wildman–Crippen MR) is 117 cm³/mol. The fourth-order valence-electron chi connectivity index (χ4n) is 3.74. The number of carbonyl (C=O) groups is 1. The van der Waals surface area contributed by atoms with Gasteiger partial charge in [-0.3, -0.25) is 19.4 Å². The van der Waals surface area contributed by atoms with Crippen molar-refractivity contribution in [1.29, 1.82) is 0 Å². The van der Waals surface area contributed by atoms with Gasteiger partial charge in [0.15, 0.2) is 0 Å². The highest BCUT2D eigenvalue weighted by Gasteiger charge is 2.33. The van der Waals surface area contributed by atoms with Crippen LogP contribution >= 0.6 is 0 Å². The summed E-state index contributed by atoms with van der Waals surface area (Å²) < 4.78 is 28.7. The van der Waals surface area contributed by atoms with E-state index in [9.17, 15) is 13.6 Å². The molecule has 9 heteroatoms. The van der Waals surface area contributed by atoms with Crippen molar-refractivity contribution in [3.05, 3.63) is 71.8 Å². The molecule has 0 atom stereocenters. The van der Waals surface area contributed by atoms with Gasteiger partial charge in [-0.2, -0.15) is 5.10 Å². The van der Waals surface area contributed by atoms with E-state index < -0.39 is 19.1 Å². The van der Waals surface area contributed by atoms with Crippen molar-refractivity contribution in [3.8, 4) is 11.1 Å². The van der Waals surface area contributed by atoms with Crippen LogP contribution < -0.4 is 5.32 Å². The van der Waals surface area contributed by atoms with E-state index in [0.717, 1.165) is 27.8 Å². The number of nitrogens with zero attached hydrogens (tertiary/aromatic N) is 4. The smallest absolute Gasteiger partial charge is 0.283 e. The number of carbonyl (C=O) groups excluding carboxylic acids is 1. The van der Waals surface area contributed by atoms with Gasteiger partial charge in [-0.05, 0) is 41.0 Å². The zero-order valence-corrected chi connectivity index (χ0v) is 17.5. The number of aliphatic hydroxyl groups is 1. The third-order valence-corrected chi connectivity index (χ3v) is 5.23. The summed E-state index contributed by atoms with van der Waals surface area (Å²) in [6.07, 6.45) is 10.1. The van der Waals surface area contributed by atoms with E-state index in [1.165, 1.54) is 6.08 Å². The predicted octanol–water partition coefficient (Wildman–Crippen LogP) is 3.08. The molecule has 7 nitrogen and oxygen atoms in total. The molecule has 1 amide bonds. The van der Waals surface area contributed by atoms with Crippen LogP contribution in [0.4, 0.5) is 14.5 Å². The molecule has 4 rings (SSSR count). The van der Waals surface area contributed by atoms with Gasteiger partial charge in [-0.15, -0.1) is 0 Å². The minimum Gasteiger partial charge on any atom is -0.390 e. The van der Waals surface area contributed by atoms with Crippen molar-refractivity contribution in [2.24, 2.45) is 7.05 Å². The maximum absolute atomic E-state index is 13.5. The Bertz CT molecular complexity index is 1160. The van der Waals surface area contributed by atoms with Crippen LogP contribution in [0.2, 0.25) is 0 Å². The Morgan fingerprint density at radius 3 is 2.81 bits per heavy atom. The highest BCUT2D eigenvalue weighted by Crippen LogP contribution is 2.28. The van der Waals surface area contributed by atoms with Crippen molar-refractivity contribution in [1.82, 2.24) is 19.7 Å². The second-order valence-corrected chi connectivity index (χ2v) is 7.83. The topological polar surface area (TPSA) is 83.3 Å². The number of rotatable bonds is 7. The van der Waals surface area contributed by atoms with E-state index in [-0.39, 0.29) is 5.91 Å². The third kappa shape index (κ3) is 5.06. The number of halogens is 2. The van der Waals surface area contributed by atoms with Gasteiger partial charge in [-0.1, -0.05) is 6.07 Å². The van der Waals surface area contributed by atoms with Gasteiger partial charge >= 0.3 is 0 Å². The molecule has 3 heterocycles. The Hall–Kier alpha value is -3.43. The number of hydrogen-bond acceptors (Lipinski definition) is 5. The van der Waals surface area contributed by atoms with E-state index in [4.69, 9.17) is 5.11 Å². The lowest BCUT2D eigenvalue weighted by molar-refractivity contribution is -0.111. The number of fused-ring (bicyclic) bond motifs is 1. The Morgan fingerprint density at radius 2 is 2.06 bits per heavy atom. The first-order valence-corrected chi connectivity index (χ1v) is 10.1. The first kappa shape index (κ1) is 21.8. The summed E-state index contributed by atoms with van der Waals surface area (Å²) in [6, 6.07) is 7.24. The van der Waals surface area contributed by atoms with Crippen molar-refractivity contribution in [3.63, 3.8) is 0 Å². The van der Waals surface area contributed by atoms with E-state index in [1.807, 2.05) is 25.4 Å². The molecule has 0 saturated carbocycles. The van der Waals surface area contributed by atoms with Crippen molar-refractivity contribution in [2.45, 2.75) is 19.0 Å². The summed E-state index contributed by atoms with van der Waals surface area (Å²) in [5.74, 6) is -3.45. The average molecular weight is 439 g/mol. The van der Waals surface area contributed by atoms with Crippen LogP contribution in [0.15, 0.2) is 55.1 Å². The van der Waals surface area contributed by atoms with E-state index >= 15 is 0 Å². The molecule has 0 spiro atoms. The highest BCUT2D eigenvalue weighted by atomic mass is 19.3. The van der Waals surface area contributed by atoms with Gasteiger partial charge in [0.25, 0.3) is 5.92 Å². The molecule has 0 radical (unpaired) electrons. The number of amides is 1. The van der Waals surface area contributed by atoms with Crippen molar-refractivity contribution >= 4 is 17.7 Å². The Kier molecular flexibility index (Phi) is 6.11. The Labute approximate surface area is 184 Å². The Morgan fingerprint density at radius 1 is 1.25 bits per heavy atom. The van der Waals surface area contributed by atoms with Crippen LogP contribution in [0.1, 0.15) is 16.7 Å². The quantitative estimate of drug-likeness (QED) is 0.553. The third-order valence-electron chi connectivity index (χ3n) is 5.23. The molecule has 0 saturated heterocycles. The maximum Gasteiger partial charge on any atom is 0.283 e. The normalized spacial score (nSPS) is 14.1. The molecule has 0 unspecified atom stereocenters. The first-order chi connectivity index (χ1) is 15.3. The van der Waals surface area contributed by atoms with Crippen LogP contribution in [-0.4, -0.2) is 49.8 Å². The maximum atomic E-state index is 13.5. The van der Waals surface area contributed by atoms with E-state index in [2.05, 4.69) is 15.4 Å². The molecular formula is C23H23F2N5O2. The molecule has 1 aliphatic heterocycles. The molecule has 32 heavy (non-hydrogen) atoms. The van der Waals surface area contributed by atoms with Gasteiger partial charge < -0.3 is 10.4 Å². The largest absolute Gasteiger partial charge is 0.390 e. The van der Waals surface area contributed by atoms with Gasteiger partial charge in [0, 0.05) is 61.6 Å². The standard InChI is InChI=1S/C23H23F2N5O2/c1-29-11-19(10-27-29)21-6-7-26-9-16(21)3-5-22(32)28-20-4-2-17-12-30(13-18(17)8-20)14-23(24,25)15-31/h2-11,31H,12-15H2,1H3,(H,28,32)/b5-3+. The number of hydrogen-bond donors (Lipinski definition) is 2. The second kappa shape index (κ2) is 8.97. The zero-order chi connectivity index (χ0) is 22.7. The molecule has 0 aliphatic carbocycles. The second-order valence-electron chi connectivity index (χ2n) is 7.83. The molecule has 3 aromatic rings. The molecular weight excluding hydrogens is 416 g/mol. The molecule has 166 valence electrons. The minimum absolute atomic E-state index is 0.312. The number of pyridine rings is 1. The SMILES string of the molecule is Cn1cc(-c2ccncc2/C=C/C(=O)Nc2ccc3c(c2)CN(CC(F)(F)CO)C3)cn1. The molecule has 2 N–H and O–H groups in total. The molecule has 1 aliphatic rings. The average Bonchev–Trinajstić information content (AvgIpc) is 3.37. The van der Waals surface area contributed by atoms with Crippen molar-refractivity contribution in [2.75, 3.05) is 18.5 Å². The number of aryl methyl sites for hydroxylation is 1. The van der Waals surface area contributed by atoms with Crippen LogP contribution in [0.5, 0.6) is 0 Å². The summed E-state index contributed by atoms with van der Waals surface area (Å²) in [6.45, 7) is -0.953. The van der Waals surface area contributed by atoms with Gasteiger partial charge in [-0.25, -0.2) is 8.78 Å².